The second-order valence-electron chi connectivity index (χ2n) is 4.17. The molecule has 5 heteroatoms. The molecule has 1 saturated heterocycles. The fourth-order valence-corrected chi connectivity index (χ4v) is 2.43. The molecule has 17 heavy (non-hydrogen) atoms. The highest BCUT2D eigenvalue weighted by Gasteiger charge is 2.37. The lowest BCUT2D eigenvalue weighted by Crippen LogP contribution is -2.32. The van der Waals surface area contributed by atoms with Gasteiger partial charge in [0.25, 0.3) is 0 Å². The lowest BCUT2D eigenvalue weighted by Gasteiger charge is -2.26. The first-order chi connectivity index (χ1) is 8.04. The normalized spacial score (nSPS) is 24.5. The number of nitrogens with zero attached hydrogens (tertiary/aromatic N) is 1. The van der Waals surface area contributed by atoms with E-state index in [4.69, 9.17) is 17.3 Å². The minimum atomic E-state index is -0.480. The van der Waals surface area contributed by atoms with Gasteiger partial charge in [-0.1, -0.05) is 17.7 Å². The quantitative estimate of drug-likeness (QED) is 0.881. The maximum atomic E-state index is 13.4. The number of carbonyl (C=O) groups excluding carboxylic acids is 1. The van der Waals surface area contributed by atoms with Gasteiger partial charge in [-0.2, -0.15) is 0 Å². The first-order valence-electron chi connectivity index (χ1n) is 5.54. The fraction of sp³-hybridized carbons (Fsp3) is 0.417. The van der Waals surface area contributed by atoms with E-state index in [1.165, 1.54) is 12.1 Å². The van der Waals surface area contributed by atoms with Gasteiger partial charge in [0.1, 0.15) is 5.82 Å². The molecule has 0 radical (unpaired) electrons. The first kappa shape index (κ1) is 12.3. The van der Waals surface area contributed by atoms with Crippen LogP contribution in [-0.2, 0) is 4.79 Å². The maximum absolute atomic E-state index is 13.4. The number of hydrogen-bond acceptors (Lipinski definition) is 2. The van der Waals surface area contributed by atoms with Crippen molar-refractivity contribution in [1.29, 1.82) is 0 Å². The van der Waals surface area contributed by atoms with Gasteiger partial charge in [-0.15, -0.1) is 0 Å². The number of likely N-dealkylation sites (tertiary alicyclic amines) is 1. The Labute approximate surface area is 104 Å². The summed E-state index contributed by atoms with van der Waals surface area (Å²) < 4.78 is 13.4. The number of hydrogen-bond donors (Lipinski definition) is 1. The summed E-state index contributed by atoms with van der Waals surface area (Å²) in [7, 11) is 0. The molecule has 92 valence electrons. The highest BCUT2D eigenvalue weighted by molar-refractivity contribution is 6.30. The van der Waals surface area contributed by atoms with Gasteiger partial charge in [0.05, 0.1) is 11.1 Å². The van der Waals surface area contributed by atoms with Crippen LogP contribution in [0, 0.1) is 5.82 Å². The van der Waals surface area contributed by atoms with Crippen LogP contribution in [0.2, 0.25) is 5.02 Å². The SMILES string of the molecule is CCN1C(=O)C[C@H](N)[C@H]1c1ccc(Cl)c(F)c1. The summed E-state index contributed by atoms with van der Waals surface area (Å²) in [5, 5.41) is 0.0784. The summed E-state index contributed by atoms with van der Waals surface area (Å²) in [5.74, 6) is -0.466. The number of carbonyl (C=O) groups is 1. The molecule has 3 nitrogen and oxygen atoms in total. The summed E-state index contributed by atoms with van der Waals surface area (Å²) in [6, 6.07) is 4.03. The Kier molecular flexibility index (Phi) is 3.35. The predicted octanol–water partition coefficient (Wildman–Crippen LogP) is 2.10. The van der Waals surface area contributed by atoms with Gasteiger partial charge in [0.15, 0.2) is 0 Å². The average molecular weight is 257 g/mol. The number of halogens is 2. The van der Waals surface area contributed by atoms with Gasteiger partial charge in [0, 0.05) is 19.0 Å². The first-order valence-corrected chi connectivity index (χ1v) is 5.92. The number of amides is 1. The predicted molar refractivity (Wildman–Crippen MR) is 64.1 cm³/mol. The third kappa shape index (κ3) is 2.15. The molecule has 1 amide bonds. The van der Waals surface area contributed by atoms with Crippen LogP contribution in [0.5, 0.6) is 0 Å². The van der Waals surface area contributed by atoms with E-state index in [9.17, 15) is 9.18 Å². The summed E-state index contributed by atoms with van der Waals surface area (Å²) in [5.41, 5.74) is 6.64. The summed E-state index contributed by atoms with van der Waals surface area (Å²) in [6.07, 6.45) is 0.308. The highest BCUT2D eigenvalue weighted by Crippen LogP contribution is 2.33. The smallest absolute Gasteiger partial charge is 0.224 e. The second-order valence-corrected chi connectivity index (χ2v) is 4.57. The molecular weight excluding hydrogens is 243 g/mol. The molecule has 1 aliphatic heterocycles. The van der Waals surface area contributed by atoms with Crippen molar-refractivity contribution in [3.8, 4) is 0 Å². The van der Waals surface area contributed by atoms with Crippen molar-refractivity contribution in [3.63, 3.8) is 0 Å². The standard InChI is InChI=1S/C12H14ClFN2O/c1-2-16-11(17)6-10(15)12(16)7-3-4-8(13)9(14)5-7/h3-5,10,12H,2,6,15H2,1H3/t10-,12+/m0/s1. The monoisotopic (exact) mass is 256 g/mol. The van der Waals surface area contributed by atoms with Gasteiger partial charge in [-0.25, -0.2) is 4.39 Å². The topological polar surface area (TPSA) is 46.3 Å². The Balaban J connectivity index is 2.37. The van der Waals surface area contributed by atoms with E-state index in [-0.39, 0.29) is 23.0 Å². The molecule has 0 spiro atoms. The Morgan fingerprint density at radius 1 is 1.59 bits per heavy atom. The van der Waals surface area contributed by atoms with Crippen LogP contribution in [0.1, 0.15) is 24.9 Å². The van der Waals surface area contributed by atoms with Gasteiger partial charge < -0.3 is 10.6 Å². The second kappa shape index (κ2) is 4.63. The summed E-state index contributed by atoms with van der Waals surface area (Å²) in [6.45, 7) is 2.46. The van der Waals surface area contributed by atoms with Crippen molar-refractivity contribution < 1.29 is 9.18 Å². The number of benzene rings is 1. The molecule has 2 atom stereocenters. The largest absolute Gasteiger partial charge is 0.334 e. The van der Waals surface area contributed by atoms with E-state index in [2.05, 4.69) is 0 Å². The molecule has 1 heterocycles. The van der Waals surface area contributed by atoms with Gasteiger partial charge in [-0.05, 0) is 24.6 Å². The van der Waals surface area contributed by atoms with Crippen molar-refractivity contribution in [1.82, 2.24) is 4.90 Å². The van der Waals surface area contributed by atoms with Gasteiger partial charge in [-0.3, -0.25) is 4.79 Å². The Morgan fingerprint density at radius 3 is 2.88 bits per heavy atom. The molecule has 1 aliphatic rings. The van der Waals surface area contributed by atoms with Crippen LogP contribution >= 0.6 is 11.6 Å². The molecule has 2 rings (SSSR count). The van der Waals surface area contributed by atoms with Gasteiger partial charge in [0.2, 0.25) is 5.91 Å². The van der Waals surface area contributed by atoms with E-state index in [1.807, 2.05) is 6.92 Å². The van der Waals surface area contributed by atoms with E-state index in [0.29, 0.717) is 18.5 Å². The molecule has 0 aliphatic carbocycles. The zero-order valence-corrected chi connectivity index (χ0v) is 10.2. The van der Waals surface area contributed by atoms with Gasteiger partial charge >= 0.3 is 0 Å². The zero-order valence-electron chi connectivity index (χ0n) is 9.49. The van der Waals surface area contributed by atoms with E-state index >= 15 is 0 Å². The molecule has 0 bridgehead atoms. The minimum absolute atomic E-state index is 0.0142. The van der Waals surface area contributed by atoms with Crippen molar-refractivity contribution >= 4 is 17.5 Å². The Bertz CT molecular complexity index is 452. The van der Waals surface area contributed by atoms with Crippen LogP contribution in [0.25, 0.3) is 0 Å². The lowest BCUT2D eigenvalue weighted by atomic mass is 10.0. The molecule has 0 unspecified atom stereocenters. The van der Waals surface area contributed by atoms with Crippen LogP contribution in [0.3, 0.4) is 0 Å². The molecule has 1 fully saturated rings. The number of nitrogens with two attached hydrogens (primary N) is 1. The highest BCUT2D eigenvalue weighted by atomic mass is 35.5. The third-order valence-electron chi connectivity index (χ3n) is 3.10. The van der Waals surface area contributed by atoms with E-state index in [0.717, 1.165) is 0 Å². The fourth-order valence-electron chi connectivity index (χ4n) is 2.31. The van der Waals surface area contributed by atoms with Crippen LogP contribution < -0.4 is 5.73 Å². The molecule has 1 aromatic rings. The Hall–Kier alpha value is -1.13. The van der Waals surface area contributed by atoms with E-state index < -0.39 is 5.82 Å². The molecular formula is C12H14ClFN2O. The van der Waals surface area contributed by atoms with Crippen molar-refractivity contribution in [2.24, 2.45) is 5.73 Å². The van der Waals surface area contributed by atoms with Crippen LogP contribution in [-0.4, -0.2) is 23.4 Å². The Morgan fingerprint density at radius 2 is 2.29 bits per heavy atom. The third-order valence-corrected chi connectivity index (χ3v) is 3.40. The molecule has 1 aromatic carbocycles. The average Bonchev–Trinajstić information content (AvgIpc) is 2.57. The molecule has 0 aromatic heterocycles. The van der Waals surface area contributed by atoms with Crippen molar-refractivity contribution in [2.75, 3.05) is 6.54 Å². The van der Waals surface area contributed by atoms with E-state index in [1.54, 1.807) is 11.0 Å². The van der Waals surface area contributed by atoms with Crippen molar-refractivity contribution in [2.45, 2.75) is 25.4 Å². The number of rotatable bonds is 2. The summed E-state index contributed by atoms with van der Waals surface area (Å²) in [4.78, 5) is 13.4. The van der Waals surface area contributed by atoms with Crippen LogP contribution in [0.4, 0.5) is 4.39 Å². The number of likely N-dealkylation sites (N-methyl/N-ethyl adjacent to an activating group) is 1. The minimum Gasteiger partial charge on any atom is -0.334 e. The van der Waals surface area contributed by atoms with Crippen LogP contribution in [0.15, 0.2) is 18.2 Å². The van der Waals surface area contributed by atoms with Crippen molar-refractivity contribution in [3.05, 3.63) is 34.6 Å². The summed E-state index contributed by atoms with van der Waals surface area (Å²) >= 11 is 5.64. The lowest BCUT2D eigenvalue weighted by molar-refractivity contribution is -0.128. The maximum Gasteiger partial charge on any atom is 0.224 e. The molecule has 2 N–H and O–H groups in total. The zero-order chi connectivity index (χ0) is 12.6. The molecule has 0 saturated carbocycles.